The van der Waals surface area contributed by atoms with Gasteiger partial charge in [-0.15, -0.1) is 0 Å². The molecule has 15 heavy (non-hydrogen) atoms. The lowest BCUT2D eigenvalue weighted by Gasteiger charge is -2.19. The highest BCUT2D eigenvalue weighted by molar-refractivity contribution is 5.75. The van der Waals surface area contributed by atoms with Crippen molar-refractivity contribution in [1.29, 1.82) is 0 Å². The van der Waals surface area contributed by atoms with Gasteiger partial charge in [0, 0.05) is 13.0 Å². The van der Waals surface area contributed by atoms with Gasteiger partial charge in [0.2, 0.25) is 5.91 Å². The molecule has 1 atom stereocenters. The standard InChI is InChI=1S/C12H26N2O/c1-4-9-14-12(15)6-5-11(7-8-13)10(2)3/h10-11H,4-9,13H2,1-3H3,(H,14,15). The Morgan fingerprint density at radius 2 is 2.00 bits per heavy atom. The van der Waals surface area contributed by atoms with Crippen molar-refractivity contribution in [3.63, 3.8) is 0 Å². The van der Waals surface area contributed by atoms with Crippen LogP contribution < -0.4 is 11.1 Å². The number of hydrogen-bond acceptors (Lipinski definition) is 2. The second kappa shape index (κ2) is 8.72. The Morgan fingerprint density at radius 1 is 1.33 bits per heavy atom. The van der Waals surface area contributed by atoms with E-state index in [1.807, 2.05) is 0 Å². The fourth-order valence-electron chi connectivity index (χ4n) is 1.69. The third-order valence-corrected chi connectivity index (χ3v) is 2.79. The third-order valence-electron chi connectivity index (χ3n) is 2.79. The minimum absolute atomic E-state index is 0.180. The van der Waals surface area contributed by atoms with Gasteiger partial charge in [0.1, 0.15) is 0 Å². The number of carbonyl (C=O) groups is 1. The van der Waals surface area contributed by atoms with Crippen molar-refractivity contribution in [2.45, 2.75) is 46.5 Å². The zero-order valence-electron chi connectivity index (χ0n) is 10.4. The summed E-state index contributed by atoms with van der Waals surface area (Å²) in [4.78, 5) is 11.4. The van der Waals surface area contributed by atoms with Crippen molar-refractivity contribution in [3.05, 3.63) is 0 Å². The van der Waals surface area contributed by atoms with Crippen LogP contribution in [0.25, 0.3) is 0 Å². The zero-order valence-corrected chi connectivity index (χ0v) is 10.4. The van der Waals surface area contributed by atoms with Crippen LogP contribution in [0.5, 0.6) is 0 Å². The van der Waals surface area contributed by atoms with Crippen LogP contribution in [0.4, 0.5) is 0 Å². The first-order chi connectivity index (χ1) is 7.11. The monoisotopic (exact) mass is 214 g/mol. The highest BCUT2D eigenvalue weighted by Gasteiger charge is 2.13. The summed E-state index contributed by atoms with van der Waals surface area (Å²) in [7, 11) is 0. The molecule has 0 aromatic carbocycles. The smallest absolute Gasteiger partial charge is 0.220 e. The average molecular weight is 214 g/mol. The molecule has 90 valence electrons. The van der Waals surface area contributed by atoms with Crippen LogP contribution in [0.3, 0.4) is 0 Å². The Bertz CT molecular complexity index is 169. The maximum absolute atomic E-state index is 11.4. The number of nitrogens with one attached hydrogen (secondary N) is 1. The molecule has 0 aliphatic carbocycles. The van der Waals surface area contributed by atoms with Crippen LogP contribution in [0, 0.1) is 11.8 Å². The number of amides is 1. The first-order valence-electron chi connectivity index (χ1n) is 6.08. The van der Waals surface area contributed by atoms with Crippen molar-refractivity contribution >= 4 is 5.91 Å². The molecular weight excluding hydrogens is 188 g/mol. The number of hydrogen-bond donors (Lipinski definition) is 2. The molecule has 0 bridgehead atoms. The quantitative estimate of drug-likeness (QED) is 0.648. The van der Waals surface area contributed by atoms with Crippen LogP contribution in [0.15, 0.2) is 0 Å². The van der Waals surface area contributed by atoms with Gasteiger partial charge in [-0.25, -0.2) is 0 Å². The van der Waals surface area contributed by atoms with Crippen molar-refractivity contribution in [3.8, 4) is 0 Å². The van der Waals surface area contributed by atoms with Gasteiger partial charge in [-0.1, -0.05) is 20.8 Å². The SMILES string of the molecule is CCCNC(=O)CCC(CCN)C(C)C. The summed E-state index contributed by atoms with van der Waals surface area (Å²) in [6.45, 7) is 7.97. The Labute approximate surface area is 93.8 Å². The van der Waals surface area contributed by atoms with Gasteiger partial charge in [0.25, 0.3) is 0 Å². The van der Waals surface area contributed by atoms with Crippen molar-refractivity contribution in [2.75, 3.05) is 13.1 Å². The van der Waals surface area contributed by atoms with Gasteiger partial charge < -0.3 is 11.1 Å². The molecule has 0 aromatic heterocycles. The van der Waals surface area contributed by atoms with Crippen LogP contribution in [0.1, 0.15) is 46.5 Å². The summed E-state index contributed by atoms with van der Waals surface area (Å²) in [5.41, 5.74) is 5.55. The summed E-state index contributed by atoms with van der Waals surface area (Å²) in [6.07, 6.45) is 3.63. The first-order valence-corrected chi connectivity index (χ1v) is 6.08. The molecule has 0 heterocycles. The lowest BCUT2D eigenvalue weighted by molar-refractivity contribution is -0.121. The summed E-state index contributed by atoms with van der Waals surface area (Å²) in [6, 6.07) is 0. The Morgan fingerprint density at radius 3 is 2.47 bits per heavy atom. The van der Waals surface area contributed by atoms with E-state index >= 15 is 0 Å². The van der Waals surface area contributed by atoms with Crippen LogP contribution in [-0.2, 0) is 4.79 Å². The largest absolute Gasteiger partial charge is 0.356 e. The van der Waals surface area contributed by atoms with Crippen molar-refractivity contribution in [1.82, 2.24) is 5.32 Å². The molecule has 0 aliphatic rings. The second-order valence-corrected chi connectivity index (χ2v) is 4.47. The van der Waals surface area contributed by atoms with E-state index in [1.165, 1.54) is 0 Å². The normalized spacial score (nSPS) is 12.9. The molecule has 0 fully saturated rings. The predicted molar refractivity (Wildman–Crippen MR) is 64.5 cm³/mol. The fraction of sp³-hybridized carbons (Fsp3) is 0.917. The lowest BCUT2D eigenvalue weighted by Crippen LogP contribution is -2.25. The van der Waals surface area contributed by atoms with Crippen LogP contribution >= 0.6 is 0 Å². The predicted octanol–water partition coefficient (Wildman–Crippen LogP) is 1.91. The molecule has 0 radical (unpaired) electrons. The van der Waals surface area contributed by atoms with Crippen molar-refractivity contribution in [2.24, 2.45) is 17.6 Å². The average Bonchev–Trinajstić information content (AvgIpc) is 2.20. The Kier molecular flexibility index (Phi) is 8.38. The topological polar surface area (TPSA) is 55.1 Å². The minimum atomic E-state index is 0.180. The number of nitrogens with two attached hydrogens (primary N) is 1. The summed E-state index contributed by atoms with van der Waals surface area (Å²) < 4.78 is 0. The van der Waals surface area contributed by atoms with E-state index in [0.29, 0.717) is 18.3 Å². The second-order valence-electron chi connectivity index (χ2n) is 4.47. The maximum Gasteiger partial charge on any atom is 0.220 e. The Hall–Kier alpha value is -0.570. The summed E-state index contributed by atoms with van der Waals surface area (Å²) in [5, 5.41) is 2.90. The van der Waals surface area contributed by atoms with Gasteiger partial charge in [-0.05, 0) is 37.6 Å². The summed E-state index contributed by atoms with van der Waals surface area (Å²) >= 11 is 0. The summed E-state index contributed by atoms with van der Waals surface area (Å²) in [5.74, 6) is 1.38. The molecule has 0 aliphatic heterocycles. The fourth-order valence-corrected chi connectivity index (χ4v) is 1.69. The van der Waals surface area contributed by atoms with Crippen LogP contribution in [-0.4, -0.2) is 19.0 Å². The molecular formula is C12H26N2O. The van der Waals surface area contributed by atoms with E-state index in [2.05, 4.69) is 26.1 Å². The molecule has 3 N–H and O–H groups in total. The number of carbonyl (C=O) groups excluding carboxylic acids is 1. The highest BCUT2D eigenvalue weighted by Crippen LogP contribution is 2.20. The lowest BCUT2D eigenvalue weighted by atomic mass is 9.88. The van der Waals surface area contributed by atoms with E-state index in [-0.39, 0.29) is 5.91 Å². The van der Waals surface area contributed by atoms with E-state index in [9.17, 15) is 4.79 Å². The molecule has 3 heteroatoms. The number of rotatable bonds is 8. The van der Waals surface area contributed by atoms with Gasteiger partial charge in [-0.3, -0.25) is 4.79 Å². The van der Waals surface area contributed by atoms with Gasteiger partial charge in [-0.2, -0.15) is 0 Å². The molecule has 0 saturated carbocycles. The zero-order chi connectivity index (χ0) is 11.7. The molecule has 0 aromatic rings. The van der Waals surface area contributed by atoms with E-state index < -0.39 is 0 Å². The van der Waals surface area contributed by atoms with Crippen molar-refractivity contribution < 1.29 is 4.79 Å². The minimum Gasteiger partial charge on any atom is -0.356 e. The van der Waals surface area contributed by atoms with E-state index in [4.69, 9.17) is 5.73 Å². The Balaban J connectivity index is 3.73. The molecule has 3 nitrogen and oxygen atoms in total. The van der Waals surface area contributed by atoms with E-state index in [1.54, 1.807) is 0 Å². The highest BCUT2D eigenvalue weighted by atomic mass is 16.1. The molecule has 0 saturated heterocycles. The molecule has 1 amide bonds. The third kappa shape index (κ3) is 7.37. The molecule has 0 rings (SSSR count). The molecule has 1 unspecified atom stereocenters. The van der Waals surface area contributed by atoms with Gasteiger partial charge in [0.05, 0.1) is 0 Å². The van der Waals surface area contributed by atoms with Gasteiger partial charge >= 0.3 is 0 Å². The van der Waals surface area contributed by atoms with Crippen LogP contribution in [0.2, 0.25) is 0 Å². The van der Waals surface area contributed by atoms with Gasteiger partial charge in [0.15, 0.2) is 0 Å². The maximum atomic E-state index is 11.4. The first kappa shape index (κ1) is 14.4. The molecule has 0 spiro atoms. The van der Waals surface area contributed by atoms with E-state index in [0.717, 1.165) is 32.4 Å².